The van der Waals surface area contributed by atoms with Crippen molar-refractivity contribution >= 4 is 27.1 Å². The van der Waals surface area contributed by atoms with Gasteiger partial charge in [-0.3, -0.25) is 0 Å². The first kappa shape index (κ1) is 15.6. The van der Waals surface area contributed by atoms with E-state index in [0.29, 0.717) is 16.5 Å². The highest BCUT2D eigenvalue weighted by Crippen LogP contribution is 2.29. The predicted octanol–water partition coefficient (Wildman–Crippen LogP) is 3.69. The van der Waals surface area contributed by atoms with E-state index in [4.69, 9.17) is 11.6 Å². The van der Waals surface area contributed by atoms with Crippen molar-refractivity contribution in [3.05, 3.63) is 24.3 Å². The number of rotatable bonds is 5. The summed E-state index contributed by atoms with van der Waals surface area (Å²) in [4.78, 5) is 0.403. The Morgan fingerprint density at radius 2 is 2.05 bits per heavy atom. The molecule has 1 aliphatic rings. The van der Waals surface area contributed by atoms with Gasteiger partial charge in [-0.25, -0.2) is 8.42 Å². The number of hydrogen-bond donors (Lipinski definition) is 1. The van der Waals surface area contributed by atoms with Crippen LogP contribution < -0.4 is 5.32 Å². The molecule has 0 amide bonds. The minimum absolute atomic E-state index is 0.124. The van der Waals surface area contributed by atoms with Gasteiger partial charge in [-0.15, -0.1) is 11.6 Å². The number of nitrogens with one attached hydrogen (secondary N) is 1. The van der Waals surface area contributed by atoms with Crippen molar-refractivity contribution < 1.29 is 8.42 Å². The molecule has 0 bridgehead atoms. The zero-order valence-corrected chi connectivity index (χ0v) is 13.4. The van der Waals surface area contributed by atoms with E-state index in [0.717, 1.165) is 25.8 Å². The zero-order chi connectivity index (χ0) is 14.6. The molecule has 0 saturated heterocycles. The lowest BCUT2D eigenvalue weighted by molar-refractivity contribution is 0.378. The van der Waals surface area contributed by atoms with Crippen molar-refractivity contribution in [1.29, 1.82) is 0 Å². The SMILES string of the molecule is CCS(=O)(=O)c1ccccc1NCC1CCCC(Cl)C1. The van der Waals surface area contributed by atoms with Crippen LogP contribution >= 0.6 is 11.6 Å². The number of para-hydroxylation sites is 1. The van der Waals surface area contributed by atoms with Crippen LogP contribution in [-0.2, 0) is 9.84 Å². The van der Waals surface area contributed by atoms with Gasteiger partial charge in [-0.05, 0) is 37.3 Å². The van der Waals surface area contributed by atoms with Crippen LogP contribution in [0.3, 0.4) is 0 Å². The summed E-state index contributed by atoms with van der Waals surface area (Å²) in [5, 5.41) is 3.57. The average Bonchev–Trinajstić information content (AvgIpc) is 2.45. The quantitative estimate of drug-likeness (QED) is 0.843. The molecule has 20 heavy (non-hydrogen) atoms. The third-order valence-electron chi connectivity index (χ3n) is 3.90. The monoisotopic (exact) mass is 315 g/mol. The van der Waals surface area contributed by atoms with Crippen LogP contribution in [0, 0.1) is 5.92 Å². The summed E-state index contributed by atoms with van der Waals surface area (Å²) in [5.74, 6) is 0.655. The molecule has 2 rings (SSSR count). The highest BCUT2D eigenvalue weighted by atomic mass is 35.5. The zero-order valence-electron chi connectivity index (χ0n) is 11.8. The topological polar surface area (TPSA) is 46.2 Å². The molecule has 1 aromatic carbocycles. The van der Waals surface area contributed by atoms with Gasteiger partial charge in [0.25, 0.3) is 0 Å². The third-order valence-corrected chi connectivity index (χ3v) is 6.08. The predicted molar refractivity (Wildman–Crippen MR) is 84.3 cm³/mol. The van der Waals surface area contributed by atoms with E-state index in [-0.39, 0.29) is 11.1 Å². The van der Waals surface area contributed by atoms with Gasteiger partial charge in [0.1, 0.15) is 0 Å². The fraction of sp³-hybridized carbons (Fsp3) is 0.600. The molecular formula is C15H22ClNO2S. The first-order chi connectivity index (χ1) is 9.53. The van der Waals surface area contributed by atoms with Crippen molar-refractivity contribution in [3.8, 4) is 0 Å². The van der Waals surface area contributed by atoms with Crippen molar-refractivity contribution in [3.63, 3.8) is 0 Å². The maximum atomic E-state index is 12.1. The van der Waals surface area contributed by atoms with E-state index in [1.807, 2.05) is 12.1 Å². The molecule has 3 nitrogen and oxygen atoms in total. The minimum atomic E-state index is -3.18. The van der Waals surface area contributed by atoms with Gasteiger partial charge in [-0.2, -0.15) is 0 Å². The summed E-state index contributed by atoms with van der Waals surface area (Å²) >= 11 is 6.20. The summed E-state index contributed by atoms with van der Waals surface area (Å²) in [6.07, 6.45) is 4.43. The lowest BCUT2D eigenvalue weighted by atomic mass is 9.89. The van der Waals surface area contributed by atoms with Gasteiger partial charge in [0.2, 0.25) is 0 Å². The lowest BCUT2D eigenvalue weighted by Crippen LogP contribution is -2.23. The Hall–Kier alpha value is -0.740. The molecule has 1 aromatic rings. The van der Waals surface area contributed by atoms with E-state index in [1.165, 1.54) is 6.42 Å². The molecule has 0 spiro atoms. The molecule has 0 aromatic heterocycles. The van der Waals surface area contributed by atoms with E-state index < -0.39 is 9.84 Å². The molecule has 2 unspecified atom stereocenters. The Labute approximate surface area is 126 Å². The largest absolute Gasteiger partial charge is 0.384 e. The number of hydrogen-bond acceptors (Lipinski definition) is 3. The van der Waals surface area contributed by atoms with Crippen LogP contribution in [0.15, 0.2) is 29.2 Å². The van der Waals surface area contributed by atoms with E-state index in [1.54, 1.807) is 19.1 Å². The fourth-order valence-electron chi connectivity index (χ4n) is 2.70. The molecular weight excluding hydrogens is 294 g/mol. The van der Waals surface area contributed by atoms with Crippen molar-refractivity contribution in [2.24, 2.45) is 5.92 Å². The van der Waals surface area contributed by atoms with Crippen molar-refractivity contribution in [2.45, 2.75) is 42.9 Å². The molecule has 0 radical (unpaired) electrons. The number of benzene rings is 1. The maximum absolute atomic E-state index is 12.1. The lowest BCUT2D eigenvalue weighted by Gasteiger charge is -2.26. The molecule has 1 fully saturated rings. The minimum Gasteiger partial charge on any atom is -0.384 e. The van der Waals surface area contributed by atoms with Gasteiger partial charge >= 0.3 is 0 Å². The number of sulfone groups is 1. The summed E-state index contributed by atoms with van der Waals surface area (Å²) in [7, 11) is -3.18. The number of anilines is 1. The molecule has 1 aliphatic carbocycles. The van der Waals surface area contributed by atoms with Gasteiger partial charge in [0, 0.05) is 11.9 Å². The van der Waals surface area contributed by atoms with E-state index in [2.05, 4.69) is 5.32 Å². The fourth-order valence-corrected chi connectivity index (χ4v) is 4.18. The van der Waals surface area contributed by atoms with Crippen LogP contribution in [0.25, 0.3) is 0 Å². The number of halogens is 1. The number of alkyl halides is 1. The molecule has 5 heteroatoms. The van der Waals surface area contributed by atoms with Crippen molar-refractivity contribution in [2.75, 3.05) is 17.6 Å². The highest BCUT2D eigenvalue weighted by molar-refractivity contribution is 7.91. The van der Waals surface area contributed by atoms with Gasteiger partial charge < -0.3 is 5.32 Å². The molecule has 0 aliphatic heterocycles. The van der Waals surface area contributed by atoms with Crippen LogP contribution in [-0.4, -0.2) is 26.1 Å². The Morgan fingerprint density at radius 3 is 2.75 bits per heavy atom. The summed E-state index contributed by atoms with van der Waals surface area (Å²) in [5.41, 5.74) is 0.714. The third kappa shape index (κ3) is 3.89. The van der Waals surface area contributed by atoms with Crippen LogP contribution in [0.4, 0.5) is 5.69 Å². The molecule has 2 atom stereocenters. The Balaban J connectivity index is 2.06. The molecule has 1 saturated carbocycles. The molecule has 1 N–H and O–H groups in total. The smallest absolute Gasteiger partial charge is 0.180 e. The van der Waals surface area contributed by atoms with Crippen LogP contribution in [0.5, 0.6) is 0 Å². The Bertz CT molecular complexity index is 545. The Kier molecular flexibility index (Phi) is 5.33. The second-order valence-corrected chi connectivity index (χ2v) is 8.27. The Morgan fingerprint density at radius 1 is 1.30 bits per heavy atom. The summed E-state index contributed by atoms with van der Waals surface area (Å²) in [6.45, 7) is 2.46. The first-order valence-corrected chi connectivity index (χ1v) is 9.31. The normalized spacial score (nSPS) is 23.5. The standard InChI is InChI=1S/C15H22ClNO2S/c1-2-20(18,19)15-9-4-3-8-14(15)17-11-12-6-5-7-13(16)10-12/h3-4,8-9,12-13,17H,2,5-7,10-11H2,1H3. The summed E-state index contributed by atoms with van der Waals surface area (Å²) < 4.78 is 24.1. The van der Waals surface area contributed by atoms with E-state index >= 15 is 0 Å². The van der Waals surface area contributed by atoms with Crippen LogP contribution in [0.1, 0.15) is 32.6 Å². The second-order valence-electron chi connectivity index (χ2n) is 5.41. The average molecular weight is 316 g/mol. The first-order valence-electron chi connectivity index (χ1n) is 7.22. The molecule has 112 valence electrons. The van der Waals surface area contributed by atoms with E-state index in [9.17, 15) is 8.42 Å². The van der Waals surface area contributed by atoms with Crippen LogP contribution in [0.2, 0.25) is 0 Å². The van der Waals surface area contributed by atoms with Gasteiger partial charge in [-0.1, -0.05) is 25.5 Å². The summed E-state index contributed by atoms with van der Waals surface area (Å²) in [6, 6.07) is 7.14. The van der Waals surface area contributed by atoms with Gasteiger partial charge in [0.15, 0.2) is 9.84 Å². The van der Waals surface area contributed by atoms with Gasteiger partial charge in [0.05, 0.1) is 16.3 Å². The van der Waals surface area contributed by atoms with Crippen molar-refractivity contribution in [1.82, 2.24) is 0 Å². The molecule has 0 heterocycles. The highest BCUT2D eigenvalue weighted by Gasteiger charge is 2.21. The maximum Gasteiger partial charge on any atom is 0.180 e. The second kappa shape index (κ2) is 6.81.